The van der Waals surface area contributed by atoms with Crippen molar-refractivity contribution in [1.82, 2.24) is 36.4 Å². The average molecular weight is 1280 g/mol. The maximum atomic E-state index is 14.6. The summed E-state index contributed by atoms with van der Waals surface area (Å²) in [6, 6.07) is 21.7. The largest absolute Gasteiger partial charge is 0.494 e. The van der Waals surface area contributed by atoms with Crippen molar-refractivity contribution in [2.75, 3.05) is 19.7 Å². The van der Waals surface area contributed by atoms with Gasteiger partial charge in [0.2, 0.25) is 35.4 Å². The summed E-state index contributed by atoms with van der Waals surface area (Å²) < 4.78 is 24.3. The lowest BCUT2D eigenvalue weighted by molar-refractivity contribution is -0.148. The van der Waals surface area contributed by atoms with Crippen LogP contribution >= 0.6 is 7.60 Å². The van der Waals surface area contributed by atoms with E-state index < -0.39 is 166 Å². The highest BCUT2D eigenvalue weighted by Gasteiger charge is 2.50. The van der Waals surface area contributed by atoms with Crippen LogP contribution in [0, 0.1) is 5.92 Å². The summed E-state index contributed by atoms with van der Waals surface area (Å²) in [6.45, 7) is 5.35. The molecule has 14 N–H and O–H groups in total. The second-order valence-electron chi connectivity index (χ2n) is 23.2. The van der Waals surface area contributed by atoms with Gasteiger partial charge in [-0.25, -0.2) is 4.57 Å². The van der Waals surface area contributed by atoms with Crippen molar-refractivity contribution in [3.8, 4) is 33.8 Å². The number of aliphatic hydroxyl groups excluding tert-OH is 8. The lowest BCUT2D eigenvalue weighted by Crippen LogP contribution is -2.64. The molecule has 0 saturated carbocycles. The lowest BCUT2D eigenvalue weighted by Gasteiger charge is -2.34. The molecule has 0 aliphatic carbocycles. The van der Waals surface area contributed by atoms with Crippen molar-refractivity contribution < 1.29 is 93.1 Å². The second kappa shape index (κ2) is 30.3. The zero-order valence-corrected chi connectivity index (χ0v) is 51.3. The number of hydrogen-bond acceptors (Lipinski definition) is 18. The normalized spacial score (nSPS) is 26.6. The minimum atomic E-state index is -4.43. The predicted molar refractivity (Wildman–Crippen MR) is 328 cm³/mol. The third-order valence-corrected chi connectivity index (χ3v) is 17.7. The van der Waals surface area contributed by atoms with Gasteiger partial charge in [-0.2, -0.15) is 0 Å². The standard InChI is InChI=1S/C64H78N7O19P/c1-5-6-10-29-89-44-25-21-40(22-26-44)38-15-13-37(14-16-38)39-17-19-42(20-18-39)57(79)65-47-31-49(75)60(82)69-62(84)53-54(76)34(2)32-71(53)64(86)51(36(4)73)67-61(83)52(68-59(81)48-30-43(74)33-70(48)63(85)50(35(3)72)66-58(47)80)56(78)55(77)41-23-27-45(28-24-41)90-91(87,88)46-11-8-7-9-12-46/h7-9,11-28,34-36,43,47-56,60,72-78,82H,5-6,10,29-33H2,1-4H3,(H,65,79)(H,66,80)(H,67,83)(H,68,81)(H,69,84)(H,87,88)/t34-,35+,36+,43+,47-,48-,49+,50-,51-,52-,53-,54-,55-,56-,60+/m0/s1. The molecule has 8 rings (SSSR count). The van der Waals surface area contributed by atoms with Gasteiger partial charge < -0.3 is 91.4 Å². The molecule has 0 bridgehead atoms. The van der Waals surface area contributed by atoms with Gasteiger partial charge in [-0.05, 0) is 96.6 Å². The van der Waals surface area contributed by atoms with Gasteiger partial charge in [0.1, 0.15) is 66.1 Å². The molecule has 91 heavy (non-hydrogen) atoms. The van der Waals surface area contributed by atoms with Crippen LogP contribution in [0.5, 0.6) is 11.5 Å². The number of amides is 7. The van der Waals surface area contributed by atoms with Gasteiger partial charge in [0.25, 0.3) is 5.91 Å². The van der Waals surface area contributed by atoms with Crippen LogP contribution in [0.1, 0.15) is 81.8 Å². The molecule has 5 aromatic carbocycles. The molecule has 0 spiro atoms. The number of carbonyl (C=O) groups is 7. The maximum absolute atomic E-state index is 14.6. The number of nitrogens with zero attached hydrogens (tertiary/aromatic N) is 2. The Morgan fingerprint density at radius 1 is 0.626 bits per heavy atom. The fraction of sp³-hybridized carbons (Fsp3) is 0.422. The Balaban J connectivity index is 1.07. The monoisotopic (exact) mass is 1280 g/mol. The molecule has 3 fully saturated rings. The molecule has 0 aromatic heterocycles. The van der Waals surface area contributed by atoms with Crippen LogP contribution < -0.4 is 41.1 Å². The first-order valence-electron chi connectivity index (χ1n) is 30.0. The Morgan fingerprint density at radius 2 is 1.15 bits per heavy atom. The number of carbonyl (C=O) groups excluding carboxylic acids is 7. The molecule has 3 heterocycles. The number of aliphatic hydroxyl groups is 8. The van der Waals surface area contributed by atoms with E-state index in [9.17, 15) is 83.9 Å². The number of hydrogen-bond donors (Lipinski definition) is 14. The zero-order valence-electron chi connectivity index (χ0n) is 50.4. The van der Waals surface area contributed by atoms with E-state index in [-0.39, 0.29) is 22.2 Å². The van der Waals surface area contributed by atoms with Crippen molar-refractivity contribution in [3.05, 3.63) is 139 Å². The summed E-state index contributed by atoms with van der Waals surface area (Å²) in [7, 11) is -4.43. The maximum Gasteiger partial charge on any atom is 0.408 e. The number of fused-ring (bicyclic) bond motifs is 2. The van der Waals surface area contributed by atoms with E-state index in [1.54, 1.807) is 18.2 Å². The lowest BCUT2D eigenvalue weighted by atomic mass is 9.96. The smallest absolute Gasteiger partial charge is 0.408 e. The first-order valence-corrected chi connectivity index (χ1v) is 31.5. The van der Waals surface area contributed by atoms with Crippen LogP contribution in [-0.4, -0.2) is 196 Å². The molecule has 3 saturated heterocycles. The molecule has 1 unspecified atom stereocenters. The van der Waals surface area contributed by atoms with E-state index in [2.05, 4.69) is 33.5 Å². The third-order valence-electron chi connectivity index (χ3n) is 16.3. The summed E-state index contributed by atoms with van der Waals surface area (Å²) in [5.74, 6) is -8.87. The molecule has 27 heteroatoms. The van der Waals surface area contributed by atoms with Crippen LogP contribution in [-0.2, 0) is 33.3 Å². The van der Waals surface area contributed by atoms with Crippen molar-refractivity contribution >= 4 is 54.3 Å². The van der Waals surface area contributed by atoms with Gasteiger partial charge in [-0.3, -0.25) is 33.6 Å². The van der Waals surface area contributed by atoms with Crippen LogP contribution in [0.15, 0.2) is 127 Å². The molecule has 3 aliphatic heterocycles. The molecular formula is C64H78N7O19P. The highest BCUT2D eigenvalue weighted by atomic mass is 31.2. The predicted octanol–water partition coefficient (Wildman–Crippen LogP) is 0.257. The molecule has 16 atom stereocenters. The van der Waals surface area contributed by atoms with Gasteiger partial charge in [-0.1, -0.05) is 106 Å². The number of nitrogens with one attached hydrogen (secondary N) is 5. The summed E-state index contributed by atoms with van der Waals surface area (Å²) in [5, 5.41) is 103. The molecular weight excluding hydrogens is 1200 g/mol. The third kappa shape index (κ3) is 16.7. The average Bonchev–Trinajstić information content (AvgIpc) is 1.73. The van der Waals surface area contributed by atoms with Crippen molar-refractivity contribution in [2.24, 2.45) is 5.92 Å². The van der Waals surface area contributed by atoms with Crippen LogP contribution in [0.3, 0.4) is 0 Å². The van der Waals surface area contributed by atoms with Crippen molar-refractivity contribution in [3.63, 3.8) is 0 Å². The van der Waals surface area contributed by atoms with Gasteiger partial charge >= 0.3 is 7.60 Å². The first kappa shape index (κ1) is 68.8. The fourth-order valence-electron chi connectivity index (χ4n) is 11.1. The number of unbranched alkanes of at least 4 members (excludes halogenated alkanes) is 2. The SMILES string of the molecule is CCCCCOc1ccc(-c2ccc(-c3ccc(C(=O)N[C@H]4C[C@@H](O)[C@@H](O)NC(=O)[C@@H]5[C@@H](O)[C@@H](C)CN5C(=O)[C@H]([C@@H](C)O)NC(=O)[C@H]([C@H](O)[C@@H](O)c5ccc(OP(=O)(O)c6ccccc6)cc5)NC(=O)[C@@H]5C[C@@H](O)CN5C(=O)[C@H]([C@@H](C)O)NC4=O)cc3)cc2)cc1. The zero-order chi connectivity index (χ0) is 66.0. The van der Waals surface area contributed by atoms with E-state index in [0.29, 0.717) is 12.2 Å². The fourth-order valence-corrected chi connectivity index (χ4v) is 12.1. The quantitative estimate of drug-likeness (QED) is 0.0438. The van der Waals surface area contributed by atoms with E-state index >= 15 is 0 Å². The Labute approximate surface area is 524 Å². The Bertz CT molecular complexity index is 3400. The summed E-state index contributed by atoms with van der Waals surface area (Å²) in [4.78, 5) is 113. The van der Waals surface area contributed by atoms with E-state index in [1.165, 1.54) is 43.3 Å². The van der Waals surface area contributed by atoms with Gasteiger partial charge in [-0.15, -0.1) is 0 Å². The van der Waals surface area contributed by atoms with Crippen molar-refractivity contribution in [2.45, 2.75) is 145 Å². The number of rotatable bonds is 17. The Morgan fingerprint density at radius 3 is 1.73 bits per heavy atom. The topological polar surface area (TPSA) is 404 Å². The minimum Gasteiger partial charge on any atom is -0.494 e. The molecule has 7 amide bonds. The minimum absolute atomic E-state index is 0.00499. The second-order valence-corrected chi connectivity index (χ2v) is 24.9. The van der Waals surface area contributed by atoms with Crippen LogP contribution in [0.4, 0.5) is 0 Å². The summed E-state index contributed by atoms with van der Waals surface area (Å²) >= 11 is 0. The molecule has 0 radical (unpaired) electrons. The number of ether oxygens (including phenoxy) is 1. The van der Waals surface area contributed by atoms with E-state index in [1.807, 2.05) is 48.5 Å². The van der Waals surface area contributed by atoms with E-state index in [0.717, 1.165) is 89.6 Å². The first-order chi connectivity index (χ1) is 43.3. The van der Waals surface area contributed by atoms with Crippen LogP contribution in [0.25, 0.3) is 22.3 Å². The van der Waals surface area contributed by atoms with Gasteiger partial charge in [0.05, 0.1) is 36.3 Å². The van der Waals surface area contributed by atoms with Gasteiger partial charge in [0.15, 0.2) is 6.23 Å². The highest BCUT2D eigenvalue weighted by molar-refractivity contribution is 7.61. The van der Waals surface area contributed by atoms with Crippen LogP contribution in [0.2, 0.25) is 0 Å². The summed E-state index contributed by atoms with van der Waals surface area (Å²) in [5.41, 5.74) is 3.22. The van der Waals surface area contributed by atoms with Gasteiger partial charge in [0, 0.05) is 37.4 Å². The Hall–Kier alpha value is -8.14. The highest BCUT2D eigenvalue weighted by Crippen LogP contribution is 2.42. The molecule has 26 nitrogen and oxygen atoms in total. The Kier molecular flexibility index (Phi) is 22.9. The number of benzene rings is 5. The molecule has 5 aromatic rings. The van der Waals surface area contributed by atoms with Crippen molar-refractivity contribution in [1.29, 1.82) is 0 Å². The van der Waals surface area contributed by atoms with E-state index in [4.69, 9.17) is 9.26 Å². The summed E-state index contributed by atoms with van der Waals surface area (Å²) in [6.07, 6.45) is -14.1. The molecule has 488 valence electrons. The molecule has 3 aliphatic rings.